The minimum Gasteiger partial charge on any atom is -0.390 e. The lowest BCUT2D eigenvalue weighted by molar-refractivity contribution is -0.128. The first kappa shape index (κ1) is 41.6. The van der Waals surface area contributed by atoms with Gasteiger partial charge in [-0.05, 0) is 79.0 Å². The van der Waals surface area contributed by atoms with Gasteiger partial charge in [-0.2, -0.15) is 14.1 Å². The largest absolute Gasteiger partial charge is 0.390 e. The van der Waals surface area contributed by atoms with Gasteiger partial charge in [-0.3, -0.25) is 9.78 Å². The molecule has 0 radical (unpaired) electrons. The minimum atomic E-state index is -4.08. The predicted octanol–water partition coefficient (Wildman–Crippen LogP) is 5.80. The van der Waals surface area contributed by atoms with Gasteiger partial charge in [-0.15, -0.1) is 0 Å². The Bertz CT molecular complexity index is 1860. The molecule has 3 aromatic rings. The number of aliphatic hydroxyl groups is 1. The number of aliphatic hydroxyl groups excluding tert-OH is 1. The summed E-state index contributed by atoms with van der Waals surface area (Å²) in [5.74, 6) is -0.529. The summed E-state index contributed by atoms with van der Waals surface area (Å²) < 4.78 is 29.7. The van der Waals surface area contributed by atoms with Crippen LogP contribution in [-0.2, 0) is 34.3 Å². The lowest BCUT2D eigenvalue weighted by Crippen LogP contribution is -2.57. The average Bonchev–Trinajstić information content (AvgIpc) is 3.84. The van der Waals surface area contributed by atoms with Crippen molar-refractivity contribution in [1.82, 2.24) is 24.4 Å². The lowest BCUT2D eigenvalue weighted by Gasteiger charge is -2.35. The SMILES string of the molecule is CC[C@H](C)[C@@H](C(=O)N[C@@H](Cc1ccccc1)[C@H](O)CN(CC1CCCC1)S(=O)(=O)c1ccc(CN=O)cc1)N1CCN(Cc2ccnc(C(C)N=O)c2)C1=O. The van der Waals surface area contributed by atoms with E-state index in [0.29, 0.717) is 30.8 Å². The van der Waals surface area contributed by atoms with Gasteiger partial charge >= 0.3 is 6.03 Å². The molecule has 2 heterocycles. The topological polar surface area (TPSA) is 182 Å². The van der Waals surface area contributed by atoms with Crippen LogP contribution in [0.3, 0.4) is 0 Å². The fraction of sp³-hybridized carbons (Fsp3) is 0.525. The van der Waals surface area contributed by atoms with E-state index < -0.39 is 40.2 Å². The van der Waals surface area contributed by atoms with Crippen LogP contribution in [0, 0.1) is 21.6 Å². The van der Waals surface area contributed by atoms with E-state index in [9.17, 15) is 32.9 Å². The van der Waals surface area contributed by atoms with E-state index in [1.807, 2.05) is 44.2 Å². The molecule has 1 saturated heterocycles. The maximum absolute atomic E-state index is 14.4. The molecular formula is C40H53N7O7S. The molecule has 14 nitrogen and oxygen atoms in total. The second-order valence-electron chi connectivity index (χ2n) is 14.9. The highest BCUT2D eigenvalue weighted by Crippen LogP contribution is 2.29. The number of pyridine rings is 1. The number of carbonyl (C=O) groups is 2. The molecule has 1 unspecified atom stereocenters. The van der Waals surface area contributed by atoms with Gasteiger partial charge in [0.1, 0.15) is 18.6 Å². The predicted molar refractivity (Wildman–Crippen MR) is 209 cm³/mol. The Morgan fingerprint density at radius 1 is 1.00 bits per heavy atom. The zero-order valence-electron chi connectivity index (χ0n) is 31.9. The van der Waals surface area contributed by atoms with Crippen LogP contribution in [0.1, 0.15) is 81.3 Å². The molecule has 2 aliphatic rings. The molecule has 2 N–H and O–H groups in total. The van der Waals surface area contributed by atoms with E-state index >= 15 is 0 Å². The summed E-state index contributed by atoms with van der Waals surface area (Å²) in [7, 11) is -4.08. The van der Waals surface area contributed by atoms with Crippen LogP contribution < -0.4 is 5.32 Å². The molecule has 2 fully saturated rings. The van der Waals surface area contributed by atoms with Crippen LogP contribution in [0.25, 0.3) is 0 Å². The van der Waals surface area contributed by atoms with Crippen molar-refractivity contribution in [3.8, 4) is 0 Å². The number of benzene rings is 2. The molecule has 0 bridgehead atoms. The number of rotatable bonds is 20. The van der Waals surface area contributed by atoms with Crippen LogP contribution in [0.5, 0.6) is 0 Å². The number of amides is 3. The smallest absolute Gasteiger partial charge is 0.321 e. The zero-order valence-corrected chi connectivity index (χ0v) is 32.7. The molecule has 1 aliphatic heterocycles. The van der Waals surface area contributed by atoms with Crippen LogP contribution in [-0.4, -0.2) is 88.9 Å². The van der Waals surface area contributed by atoms with E-state index in [1.54, 1.807) is 47.2 Å². The number of nitrogens with zero attached hydrogens (tertiary/aromatic N) is 6. The Morgan fingerprint density at radius 2 is 1.71 bits per heavy atom. The number of hydrogen-bond acceptors (Lipinski definition) is 10. The van der Waals surface area contributed by atoms with E-state index in [2.05, 4.69) is 20.7 Å². The van der Waals surface area contributed by atoms with Gasteiger partial charge in [0, 0.05) is 38.9 Å². The highest BCUT2D eigenvalue weighted by Gasteiger charge is 2.41. The van der Waals surface area contributed by atoms with Gasteiger partial charge in [0.15, 0.2) is 0 Å². The normalized spacial score (nSPS) is 17.9. The van der Waals surface area contributed by atoms with Gasteiger partial charge in [0.05, 0.1) is 22.7 Å². The van der Waals surface area contributed by atoms with Crippen LogP contribution in [0.2, 0.25) is 0 Å². The molecule has 1 aromatic heterocycles. The summed E-state index contributed by atoms with van der Waals surface area (Å²) >= 11 is 0. The molecule has 2 aromatic carbocycles. The Morgan fingerprint density at radius 3 is 2.36 bits per heavy atom. The van der Waals surface area contributed by atoms with Crippen LogP contribution in [0.15, 0.2) is 88.2 Å². The van der Waals surface area contributed by atoms with Gasteiger partial charge < -0.3 is 20.2 Å². The standard InChI is InChI=1S/C40H53N7O7S/c1-4-28(2)38(47-21-20-45(40(47)50)25-33-18-19-41-35(23-33)29(3)44-52)39(49)43-36(22-30-10-6-5-7-11-30)37(48)27-46(26-32-12-8-9-13-32)55(53,54)34-16-14-31(15-17-34)24-42-51/h5-7,10-11,14-19,23,28-29,32,36-38,48H,4,8-9,12-13,20-22,24-27H2,1-3H3,(H,43,49)/t28-,29?,36-,37+,38-/m0/s1. The third-order valence-corrected chi connectivity index (χ3v) is 12.8. The van der Waals surface area contributed by atoms with Crippen molar-refractivity contribution in [3.05, 3.63) is 105 Å². The number of aromatic nitrogens is 1. The summed E-state index contributed by atoms with van der Waals surface area (Å²) in [5, 5.41) is 21.0. The quantitative estimate of drug-likeness (QED) is 0.135. The van der Waals surface area contributed by atoms with Crippen molar-refractivity contribution in [2.45, 2.75) is 102 Å². The Hall–Kier alpha value is -4.60. The maximum atomic E-state index is 14.4. The van der Waals surface area contributed by atoms with Crippen molar-refractivity contribution in [2.24, 2.45) is 22.2 Å². The number of nitroso groups, excluding NO2 is 2. The summed E-state index contributed by atoms with van der Waals surface area (Å²) in [4.78, 5) is 57.7. The van der Waals surface area contributed by atoms with E-state index in [-0.39, 0.29) is 55.4 Å². The van der Waals surface area contributed by atoms with Gasteiger partial charge in [0.2, 0.25) is 15.9 Å². The highest BCUT2D eigenvalue weighted by molar-refractivity contribution is 7.89. The Labute approximate surface area is 323 Å². The number of carbonyl (C=O) groups excluding carboxylic acids is 2. The molecule has 1 aliphatic carbocycles. The first-order chi connectivity index (χ1) is 26.4. The van der Waals surface area contributed by atoms with Crippen molar-refractivity contribution >= 4 is 22.0 Å². The second kappa shape index (κ2) is 19.3. The Kier molecular flexibility index (Phi) is 14.6. The fourth-order valence-corrected chi connectivity index (χ4v) is 9.06. The van der Waals surface area contributed by atoms with Crippen molar-refractivity contribution in [2.75, 3.05) is 26.2 Å². The molecule has 3 amide bonds. The third-order valence-electron chi connectivity index (χ3n) is 10.9. The summed E-state index contributed by atoms with van der Waals surface area (Å²) in [6.45, 7) is 6.37. The second-order valence-corrected chi connectivity index (χ2v) is 16.8. The van der Waals surface area contributed by atoms with Gasteiger partial charge in [-0.1, -0.05) is 85.9 Å². The van der Waals surface area contributed by atoms with Crippen molar-refractivity contribution in [3.63, 3.8) is 0 Å². The average molecular weight is 776 g/mol. The molecule has 0 spiro atoms. The first-order valence-electron chi connectivity index (χ1n) is 19.2. The number of hydrogen-bond donors (Lipinski definition) is 2. The van der Waals surface area contributed by atoms with E-state index in [1.165, 1.54) is 16.4 Å². The molecule has 5 rings (SSSR count). The minimum absolute atomic E-state index is 0.0443. The number of urea groups is 1. The molecule has 1 saturated carbocycles. The van der Waals surface area contributed by atoms with Crippen molar-refractivity contribution < 1.29 is 23.1 Å². The van der Waals surface area contributed by atoms with Gasteiger partial charge in [-0.25, -0.2) is 13.2 Å². The first-order valence-corrected chi connectivity index (χ1v) is 20.6. The van der Waals surface area contributed by atoms with Gasteiger partial charge in [0.25, 0.3) is 0 Å². The van der Waals surface area contributed by atoms with E-state index in [0.717, 1.165) is 36.8 Å². The maximum Gasteiger partial charge on any atom is 0.321 e. The van der Waals surface area contributed by atoms with Crippen LogP contribution >= 0.6 is 0 Å². The monoisotopic (exact) mass is 775 g/mol. The van der Waals surface area contributed by atoms with Crippen LogP contribution in [0.4, 0.5) is 4.79 Å². The van der Waals surface area contributed by atoms with E-state index in [4.69, 9.17) is 0 Å². The Balaban J connectivity index is 1.38. The summed E-state index contributed by atoms with van der Waals surface area (Å²) in [6, 6.07) is 16.3. The number of nitrogens with one attached hydrogen (secondary N) is 1. The molecule has 55 heavy (non-hydrogen) atoms. The summed E-state index contributed by atoms with van der Waals surface area (Å²) in [6.07, 6.45) is 4.89. The lowest BCUT2D eigenvalue weighted by atomic mass is 9.95. The third kappa shape index (κ3) is 10.6. The fourth-order valence-electron chi connectivity index (χ4n) is 7.53. The highest BCUT2D eigenvalue weighted by atomic mass is 32.2. The molecule has 15 heteroatoms. The van der Waals surface area contributed by atoms with Crippen molar-refractivity contribution in [1.29, 1.82) is 0 Å². The zero-order chi connectivity index (χ0) is 39.5. The molecule has 296 valence electrons. The molecular weight excluding hydrogens is 723 g/mol. The summed E-state index contributed by atoms with van der Waals surface area (Å²) in [5.41, 5.74) is 2.73. The molecule has 5 atom stereocenters. The number of sulfonamides is 1.